The van der Waals surface area contributed by atoms with Crippen LogP contribution in [0.15, 0.2) is 54.6 Å². The number of hydrogen-bond acceptors (Lipinski definition) is 4. The van der Waals surface area contributed by atoms with Gasteiger partial charge < -0.3 is 15.4 Å². The number of hydrogen-bond donors (Lipinski definition) is 2. The van der Waals surface area contributed by atoms with Gasteiger partial charge in [0, 0.05) is 6.54 Å². The fraction of sp³-hybridized carbons (Fsp3) is 0.250. The quantitative estimate of drug-likeness (QED) is 0.658. The Labute approximate surface area is 165 Å². The highest BCUT2D eigenvalue weighted by molar-refractivity contribution is 5.93. The number of benzene rings is 2. The molecule has 6 nitrogen and oxygen atoms in total. The number of carbonyl (C=O) groups excluding carboxylic acids is 3. The zero-order valence-corrected chi connectivity index (χ0v) is 15.3. The maximum atomic E-state index is 12.9. The van der Waals surface area contributed by atoms with E-state index in [0.717, 1.165) is 17.7 Å². The van der Waals surface area contributed by atoms with Crippen LogP contribution < -0.4 is 10.6 Å². The van der Waals surface area contributed by atoms with Crippen LogP contribution in [0.2, 0.25) is 0 Å². The second-order valence-corrected chi connectivity index (χ2v) is 6.01. The molecule has 0 aliphatic rings. The van der Waals surface area contributed by atoms with E-state index in [0.29, 0.717) is 0 Å². The normalized spacial score (nSPS) is 10.9. The molecule has 0 aromatic heterocycles. The van der Waals surface area contributed by atoms with Gasteiger partial charge in [-0.15, -0.1) is 0 Å². The Morgan fingerprint density at radius 2 is 1.55 bits per heavy atom. The Morgan fingerprint density at radius 3 is 2.24 bits per heavy atom. The monoisotopic (exact) mass is 408 g/mol. The van der Waals surface area contributed by atoms with Crippen molar-refractivity contribution in [2.24, 2.45) is 0 Å². The van der Waals surface area contributed by atoms with Gasteiger partial charge in [-0.05, 0) is 17.7 Å². The van der Waals surface area contributed by atoms with Gasteiger partial charge >= 0.3 is 12.1 Å². The summed E-state index contributed by atoms with van der Waals surface area (Å²) in [6.45, 7) is -0.716. The third-order valence-electron chi connectivity index (χ3n) is 3.73. The molecular weight excluding hydrogens is 389 g/mol. The summed E-state index contributed by atoms with van der Waals surface area (Å²) in [7, 11) is 0. The molecule has 0 saturated carbocycles. The zero-order valence-electron chi connectivity index (χ0n) is 15.3. The smallest absolute Gasteiger partial charge is 0.418 e. The number of amides is 2. The van der Waals surface area contributed by atoms with E-state index in [2.05, 4.69) is 10.6 Å². The Morgan fingerprint density at radius 1 is 0.897 bits per heavy atom. The number of esters is 1. The average molecular weight is 408 g/mol. The lowest BCUT2D eigenvalue weighted by Gasteiger charge is -2.13. The lowest BCUT2D eigenvalue weighted by molar-refractivity contribution is -0.147. The Balaban J connectivity index is 1.70. The first-order chi connectivity index (χ1) is 13.8. The Bertz CT molecular complexity index is 854. The summed E-state index contributed by atoms with van der Waals surface area (Å²) in [5.41, 5.74) is -0.599. The van der Waals surface area contributed by atoms with Crippen molar-refractivity contribution >= 4 is 23.5 Å². The van der Waals surface area contributed by atoms with Crippen LogP contribution in [0.4, 0.5) is 18.9 Å². The van der Waals surface area contributed by atoms with Crippen molar-refractivity contribution in [3.05, 3.63) is 65.7 Å². The molecule has 0 saturated heterocycles. The van der Waals surface area contributed by atoms with Gasteiger partial charge in [0.05, 0.1) is 24.1 Å². The van der Waals surface area contributed by atoms with Crippen LogP contribution in [0.25, 0.3) is 0 Å². The molecule has 0 aliphatic heterocycles. The fourth-order valence-electron chi connectivity index (χ4n) is 2.39. The van der Waals surface area contributed by atoms with Crippen molar-refractivity contribution < 1.29 is 32.3 Å². The number of nitrogens with one attached hydrogen (secondary N) is 2. The van der Waals surface area contributed by atoms with Crippen molar-refractivity contribution in [3.8, 4) is 0 Å². The first kappa shape index (κ1) is 21.9. The predicted octanol–water partition coefficient (Wildman–Crippen LogP) is 2.94. The summed E-state index contributed by atoms with van der Waals surface area (Å²) in [5.74, 6) is -1.93. The highest BCUT2D eigenvalue weighted by Gasteiger charge is 2.33. The SMILES string of the molecule is O=C(Cc1ccccc1)NCCC(=O)OCC(=O)Nc1ccccc1C(F)(F)F. The summed E-state index contributed by atoms with van der Waals surface area (Å²) in [5, 5.41) is 4.62. The minimum absolute atomic E-state index is 0.0169. The first-order valence-corrected chi connectivity index (χ1v) is 8.68. The number of para-hydroxylation sites is 1. The van der Waals surface area contributed by atoms with Crippen LogP contribution in [0.5, 0.6) is 0 Å². The predicted molar refractivity (Wildman–Crippen MR) is 98.8 cm³/mol. The number of anilines is 1. The van der Waals surface area contributed by atoms with Crippen molar-refractivity contribution in [2.45, 2.75) is 19.0 Å². The number of rotatable bonds is 8. The molecule has 2 aromatic rings. The number of halogens is 3. The molecule has 2 rings (SSSR count). The maximum Gasteiger partial charge on any atom is 0.418 e. The number of carbonyl (C=O) groups is 3. The molecule has 0 fully saturated rings. The van der Waals surface area contributed by atoms with E-state index in [1.165, 1.54) is 12.1 Å². The lowest BCUT2D eigenvalue weighted by Crippen LogP contribution is -2.29. The molecule has 2 amide bonds. The molecule has 0 radical (unpaired) electrons. The molecule has 2 aromatic carbocycles. The van der Waals surface area contributed by atoms with E-state index in [-0.39, 0.29) is 25.3 Å². The molecule has 29 heavy (non-hydrogen) atoms. The standard InChI is InChI=1S/C20H19F3N2O4/c21-20(22,23)15-8-4-5-9-16(15)25-18(27)13-29-19(28)10-11-24-17(26)12-14-6-2-1-3-7-14/h1-9H,10-13H2,(H,24,26)(H,25,27). The van der Waals surface area contributed by atoms with Crippen LogP contribution >= 0.6 is 0 Å². The highest BCUT2D eigenvalue weighted by atomic mass is 19.4. The molecule has 2 N–H and O–H groups in total. The number of alkyl halides is 3. The van der Waals surface area contributed by atoms with Crippen LogP contribution in [0, 0.1) is 0 Å². The Kier molecular flexibility index (Phi) is 7.76. The summed E-state index contributed by atoms with van der Waals surface area (Å²) in [4.78, 5) is 35.1. The van der Waals surface area contributed by atoms with Crippen molar-refractivity contribution in [1.29, 1.82) is 0 Å². The molecule has 0 bridgehead atoms. The van der Waals surface area contributed by atoms with Gasteiger partial charge in [0.2, 0.25) is 5.91 Å². The van der Waals surface area contributed by atoms with Crippen LogP contribution in [0.1, 0.15) is 17.5 Å². The van der Waals surface area contributed by atoms with E-state index in [4.69, 9.17) is 4.74 Å². The second kappa shape index (κ2) is 10.3. The van der Waals surface area contributed by atoms with Gasteiger partial charge in [-0.3, -0.25) is 14.4 Å². The molecule has 154 valence electrons. The van der Waals surface area contributed by atoms with Gasteiger partial charge in [-0.1, -0.05) is 42.5 Å². The summed E-state index contributed by atoms with van der Waals surface area (Å²) < 4.78 is 43.4. The van der Waals surface area contributed by atoms with Gasteiger partial charge in [-0.2, -0.15) is 13.2 Å². The molecule has 0 heterocycles. The minimum Gasteiger partial charge on any atom is -0.456 e. The zero-order chi connectivity index (χ0) is 21.3. The van der Waals surface area contributed by atoms with E-state index in [1.807, 2.05) is 6.07 Å². The first-order valence-electron chi connectivity index (χ1n) is 8.68. The van der Waals surface area contributed by atoms with E-state index in [1.54, 1.807) is 24.3 Å². The largest absolute Gasteiger partial charge is 0.456 e. The van der Waals surface area contributed by atoms with E-state index in [9.17, 15) is 27.6 Å². The molecule has 0 spiro atoms. The van der Waals surface area contributed by atoms with Gasteiger partial charge in [0.1, 0.15) is 0 Å². The topological polar surface area (TPSA) is 84.5 Å². The van der Waals surface area contributed by atoms with Crippen LogP contribution in [-0.2, 0) is 31.7 Å². The van der Waals surface area contributed by atoms with Gasteiger partial charge in [-0.25, -0.2) is 0 Å². The number of ether oxygens (including phenoxy) is 1. The lowest BCUT2D eigenvalue weighted by atomic mass is 10.1. The van der Waals surface area contributed by atoms with Crippen LogP contribution in [0.3, 0.4) is 0 Å². The average Bonchev–Trinajstić information content (AvgIpc) is 2.67. The third-order valence-corrected chi connectivity index (χ3v) is 3.73. The van der Waals surface area contributed by atoms with Crippen molar-refractivity contribution in [2.75, 3.05) is 18.5 Å². The Hall–Kier alpha value is -3.36. The second-order valence-electron chi connectivity index (χ2n) is 6.01. The fourth-order valence-corrected chi connectivity index (χ4v) is 2.39. The minimum atomic E-state index is -4.63. The van der Waals surface area contributed by atoms with Crippen molar-refractivity contribution in [1.82, 2.24) is 5.32 Å². The van der Waals surface area contributed by atoms with E-state index >= 15 is 0 Å². The summed E-state index contributed by atoms with van der Waals surface area (Å²) in [6.07, 6.45) is -4.64. The molecular formula is C20H19F3N2O4. The summed E-state index contributed by atoms with van der Waals surface area (Å²) >= 11 is 0. The summed E-state index contributed by atoms with van der Waals surface area (Å²) in [6, 6.07) is 13.5. The van der Waals surface area contributed by atoms with Gasteiger partial charge in [0.25, 0.3) is 5.91 Å². The molecule has 9 heteroatoms. The molecule has 0 unspecified atom stereocenters. The highest BCUT2D eigenvalue weighted by Crippen LogP contribution is 2.34. The maximum absolute atomic E-state index is 12.9. The van der Waals surface area contributed by atoms with E-state index < -0.39 is 35.9 Å². The molecule has 0 aliphatic carbocycles. The van der Waals surface area contributed by atoms with Crippen molar-refractivity contribution in [3.63, 3.8) is 0 Å². The van der Waals surface area contributed by atoms with Crippen LogP contribution in [-0.4, -0.2) is 30.9 Å². The third kappa shape index (κ3) is 7.65. The molecule has 0 atom stereocenters. The van der Waals surface area contributed by atoms with Gasteiger partial charge in [0.15, 0.2) is 6.61 Å².